The van der Waals surface area contributed by atoms with E-state index in [-0.39, 0.29) is 0 Å². The molecule has 0 saturated carbocycles. The summed E-state index contributed by atoms with van der Waals surface area (Å²) >= 11 is 0. The summed E-state index contributed by atoms with van der Waals surface area (Å²) < 4.78 is 0. The molecule has 70 valence electrons. The highest BCUT2D eigenvalue weighted by atomic mass is 16.3. The van der Waals surface area contributed by atoms with Gasteiger partial charge >= 0.3 is 5.91 Å². The Balaban J connectivity index is 4.18. The number of aliphatic hydroxyl groups is 1. The molecule has 2 atom stereocenters. The lowest BCUT2D eigenvalue weighted by Crippen LogP contribution is -2.52. The first-order chi connectivity index (χ1) is 5.54. The number of carbonyl (C=O) groups is 2. The van der Waals surface area contributed by atoms with E-state index in [1.165, 1.54) is 0 Å². The Bertz CT molecular complexity index is 164. The summed E-state index contributed by atoms with van der Waals surface area (Å²) in [5, 5.41) is 15.9. The van der Waals surface area contributed by atoms with Crippen molar-refractivity contribution in [2.24, 2.45) is 11.7 Å². The van der Waals surface area contributed by atoms with Crippen LogP contribution in [0.4, 0.5) is 0 Å². The Morgan fingerprint density at radius 1 is 1.25 bits per heavy atom. The minimum atomic E-state index is -1.82. The molecule has 2 unspecified atom stereocenters. The Morgan fingerprint density at radius 3 is 2.00 bits per heavy atom. The van der Waals surface area contributed by atoms with Crippen molar-refractivity contribution in [3.05, 3.63) is 0 Å². The second-order valence-electron chi connectivity index (χ2n) is 1.94. The molecule has 8 nitrogen and oxygen atoms in total. The molecule has 0 heterocycles. The minimum Gasteiger partial charge on any atom is -0.434 e. The number of nitrogens with two attached hydrogens (primary N) is 2. The van der Waals surface area contributed by atoms with E-state index < -0.39 is 24.0 Å². The topological polar surface area (TPSA) is 153 Å². The molecule has 0 aromatic rings. The molecule has 12 heavy (non-hydrogen) atoms. The van der Waals surface area contributed by atoms with Crippen molar-refractivity contribution in [1.29, 1.82) is 0 Å². The van der Waals surface area contributed by atoms with Gasteiger partial charge in [0.05, 0.1) is 0 Å². The van der Waals surface area contributed by atoms with E-state index in [1.807, 2.05) is 0 Å². The maximum absolute atomic E-state index is 10.6. The largest absolute Gasteiger partial charge is 0.434 e. The fraction of sp³-hybridized carbons (Fsp3) is 0.500. The molecular weight excluding hydrogens is 168 g/mol. The number of carbonyl (C=O) groups excluding carboxylic acids is 2. The molecule has 0 aliphatic heterocycles. The number of nitrogens with one attached hydrogen (secondary N) is 2. The second-order valence-corrected chi connectivity index (χ2v) is 1.94. The average Bonchev–Trinajstić information content (AvgIpc) is 2.12. The van der Waals surface area contributed by atoms with Gasteiger partial charge in [0.15, 0.2) is 0 Å². The third kappa shape index (κ3) is 2.43. The van der Waals surface area contributed by atoms with Crippen LogP contribution in [0.1, 0.15) is 0 Å². The van der Waals surface area contributed by atoms with Crippen LogP contribution < -0.4 is 22.5 Å². The maximum Gasteiger partial charge on any atom is 0.316 e. The van der Waals surface area contributed by atoms with Crippen LogP contribution in [0.25, 0.3) is 0 Å². The number of aliphatic hydroxyl groups excluding tert-OH is 1. The monoisotopic (exact) mass is 179 g/mol. The zero-order valence-corrected chi connectivity index (χ0v) is 6.07. The highest BCUT2D eigenvalue weighted by Crippen LogP contribution is 1.92. The van der Waals surface area contributed by atoms with Crippen LogP contribution in [0.3, 0.4) is 0 Å². The maximum atomic E-state index is 10.6. The standard InChI is InChI=1S/C4H10N4O4/c5-7-3(11)1(9)2(10)4(12)8-6/h1-2,9-10H,5-6H2,(H,7,11)(H,8,12)/p+1. The molecular formula is C4H11N4O4+. The molecule has 2 amide bonds. The Kier molecular flexibility index (Phi) is 4.15. The molecule has 0 spiro atoms. The van der Waals surface area contributed by atoms with Gasteiger partial charge in [-0.1, -0.05) is 0 Å². The molecule has 0 aliphatic rings. The van der Waals surface area contributed by atoms with Gasteiger partial charge in [-0.15, -0.1) is 0 Å². The summed E-state index contributed by atoms with van der Waals surface area (Å²) in [5.74, 6) is 7.32. The van der Waals surface area contributed by atoms with Gasteiger partial charge in [0.2, 0.25) is 6.10 Å². The van der Waals surface area contributed by atoms with Gasteiger partial charge in [-0.25, -0.2) is 11.7 Å². The summed E-state index contributed by atoms with van der Waals surface area (Å²) in [6.45, 7) is 0. The molecule has 0 radical (unpaired) electrons. The summed E-state index contributed by atoms with van der Waals surface area (Å²) in [5.41, 5.74) is 3.21. The van der Waals surface area contributed by atoms with Crippen LogP contribution in [-0.2, 0) is 9.59 Å². The van der Waals surface area contributed by atoms with E-state index in [0.717, 1.165) is 0 Å². The van der Waals surface area contributed by atoms with Gasteiger partial charge in [-0.2, -0.15) is 0 Å². The molecule has 0 aliphatic carbocycles. The van der Waals surface area contributed by atoms with Crippen LogP contribution in [0.2, 0.25) is 0 Å². The minimum absolute atomic E-state index is 0.967. The molecule has 0 rings (SSSR count). The van der Waals surface area contributed by atoms with Crippen molar-refractivity contribution >= 4 is 11.8 Å². The Labute approximate surface area is 67.5 Å². The van der Waals surface area contributed by atoms with Gasteiger partial charge < -0.3 is 10.2 Å². The Morgan fingerprint density at radius 2 is 1.67 bits per heavy atom. The number of hydrazine groups is 2. The van der Waals surface area contributed by atoms with E-state index in [4.69, 9.17) is 10.2 Å². The summed E-state index contributed by atoms with van der Waals surface area (Å²) in [4.78, 5) is 21.1. The first kappa shape index (κ1) is 10.8. The highest BCUT2D eigenvalue weighted by molar-refractivity contribution is 5.90. The lowest BCUT2D eigenvalue weighted by atomic mass is 10.2. The second kappa shape index (κ2) is 4.62. The van der Waals surface area contributed by atoms with Crippen LogP contribution >= 0.6 is 0 Å². The fourth-order valence-electron chi connectivity index (χ4n) is 0.470. The normalized spacial score (nSPS) is 14.7. The fourth-order valence-corrected chi connectivity index (χ4v) is 0.470. The predicted molar refractivity (Wildman–Crippen MR) is 38.1 cm³/mol. The van der Waals surface area contributed by atoms with Crippen LogP contribution in [0, 0.1) is 0 Å². The molecule has 0 saturated heterocycles. The van der Waals surface area contributed by atoms with Crippen molar-refractivity contribution in [2.75, 3.05) is 0 Å². The van der Waals surface area contributed by atoms with Gasteiger partial charge in [0.1, 0.15) is 0 Å². The quantitative estimate of drug-likeness (QED) is 0.128. The number of hydrogen-bond donors (Lipinski definition) is 5. The molecule has 0 aromatic heterocycles. The van der Waals surface area contributed by atoms with E-state index in [9.17, 15) is 9.59 Å². The third-order valence-corrected chi connectivity index (χ3v) is 1.15. The lowest BCUT2D eigenvalue weighted by molar-refractivity contribution is -0.146. The van der Waals surface area contributed by atoms with Crippen LogP contribution in [0.15, 0.2) is 0 Å². The van der Waals surface area contributed by atoms with Crippen molar-refractivity contribution in [2.45, 2.75) is 12.2 Å². The number of hydrogen-bond acceptors (Lipinski definition) is 5. The van der Waals surface area contributed by atoms with E-state index in [1.54, 1.807) is 10.9 Å². The van der Waals surface area contributed by atoms with Crippen molar-refractivity contribution in [3.8, 4) is 0 Å². The molecule has 8 heteroatoms. The first-order valence-corrected chi connectivity index (χ1v) is 2.94. The summed E-state index contributed by atoms with van der Waals surface area (Å²) in [6, 6.07) is 0. The number of rotatable bonds is 3. The summed E-state index contributed by atoms with van der Waals surface area (Å²) in [7, 11) is 0. The highest BCUT2D eigenvalue weighted by Gasteiger charge is 2.33. The lowest BCUT2D eigenvalue weighted by Gasteiger charge is -2.10. The van der Waals surface area contributed by atoms with Gasteiger partial charge in [0, 0.05) is 0 Å². The van der Waals surface area contributed by atoms with Crippen LogP contribution in [0.5, 0.6) is 0 Å². The number of amides is 2. The molecule has 9 N–H and O–H groups in total. The zero-order valence-electron chi connectivity index (χ0n) is 6.07. The summed E-state index contributed by atoms with van der Waals surface area (Å²) in [6.07, 6.45) is -3.50. The third-order valence-electron chi connectivity index (χ3n) is 1.15. The first-order valence-electron chi connectivity index (χ1n) is 2.94. The van der Waals surface area contributed by atoms with E-state index in [0.29, 0.717) is 0 Å². The average molecular weight is 179 g/mol. The van der Waals surface area contributed by atoms with E-state index in [2.05, 4.69) is 11.7 Å². The SMILES string of the molecule is NNC(=O)C(O)C([OH2+])C(=O)NN. The van der Waals surface area contributed by atoms with E-state index >= 15 is 0 Å². The molecule has 0 aromatic carbocycles. The van der Waals surface area contributed by atoms with Gasteiger partial charge in [-0.05, 0) is 0 Å². The molecule has 0 fully saturated rings. The zero-order chi connectivity index (χ0) is 9.72. The smallest absolute Gasteiger partial charge is 0.316 e. The Hall–Kier alpha value is -1.22. The van der Waals surface area contributed by atoms with Gasteiger partial charge in [-0.3, -0.25) is 20.4 Å². The van der Waals surface area contributed by atoms with Gasteiger partial charge in [0.25, 0.3) is 12.0 Å². The van der Waals surface area contributed by atoms with Crippen molar-refractivity contribution in [1.82, 2.24) is 10.9 Å². The van der Waals surface area contributed by atoms with Crippen molar-refractivity contribution in [3.63, 3.8) is 0 Å². The van der Waals surface area contributed by atoms with Crippen molar-refractivity contribution < 1.29 is 19.8 Å². The molecule has 0 bridgehead atoms. The van der Waals surface area contributed by atoms with Crippen LogP contribution in [-0.4, -0.2) is 34.2 Å². The predicted octanol–water partition coefficient (Wildman–Crippen LogP) is -4.58.